The number of halogens is 2. The Balaban J connectivity index is 1.74. The molecule has 0 amide bonds. The molecule has 0 radical (unpaired) electrons. The van der Waals surface area contributed by atoms with Crippen LogP contribution in [-0.4, -0.2) is 32.8 Å². The molecule has 5 rings (SSSR count). The van der Waals surface area contributed by atoms with Gasteiger partial charge in [0.25, 0.3) is 0 Å². The number of aromatic nitrogens is 4. The molecule has 0 bridgehead atoms. The third-order valence-corrected chi connectivity index (χ3v) is 6.62. The molecule has 1 aliphatic carbocycles. The lowest BCUT2D eigenvalue weighted by Gasteiger charge is -2.27. The molecule has 3 aromatic heterocycles. The lowest BCUT2D eigenvalue weighted by Crippen LogP contribution is -2.22. The Kier molecular flexibility index (Phi) is 5.23. The number of hydrogen-bond donors (Lipinski definition) is 1. The van der Waals surface area contributed by atoms with Crippen molar-refractivity contribution in [1.29, 1.82) is 0 Å². The first-order valence-corrected chi connectivity index (χ1v) is 11.0. The van der Waals surface area contributed by atoms with Gasteiger partial charge in [0.05, 0.1) is 36.0 Å². The van der Waals surface area contributed by atoms with E-state index in [-0.39, 0.29) is 17.8 Å². The molecule has 1 aromatic carbocycles. The van der Waals surface area contributed by atoms with E-state index < -0.39 is 11.6 Å². The van der Waals surface area contributed by atoms with E-state index in [0.717, 1.165) is 65.0 Å². The second kappa shape index (κ2) is 8.10. The summed E-state index contributed by atoms with van der Waals surface area (Å²) in [6, 6.07) is 5.84. The molecule has 1 N–H and O–H groups in total. The summed E-state index contributed by atoms with van der Waals surface area (Å²) in [4.78, 5) is 16.9. The van der Waals surface area contributed by atoms with Gasteiger partial charge in [0.1, 0.15) is 0 Å². The Morgan fingerprint density at radius 3 is 2.61 bits per heavy atom. The largest absolute Gasteiger partial charge is 0.469 e. The quantitative estimate of drug-likeness (QED) is 0.407. The van der Waals surface area contributed by atoms with Gasteiger partial charge in [-0.3, -0.25) is 9.89 Å². The predicted molar refractivity (Wildman–Crippen MR) is 122 cm³/mol. The van der Waals surface area contributed by atoms with Crippen LogP contribution in [0.25, 0.3) is 33.3 Å². The maximum atomic E-state index is 14.2. The summed E-state index contributed by atoms with van der Waals surface area (Å²) in [7, 11) is 1.42. The summed E-state index contributed by atoms with van der Waals surface area (Å²) in [6.07, 6.45) is 4.71. The van der Waals surface area contributed by atoms with E-state index in [9.17, 15) is 13.6 Å². The van der Waals surface area contributed by atoms with E-state index in [4.69, 9.17) is 9.72 Å². The summed E-state index contributed by atoms with van der Waals surface area (Å²) in [5.74, 6) is -1.95. The van der Waals surface area contributed by atoms with Crippen molar-refractivity contribution in [2.75, 3.05) is 7.11 Å². The first-order chi connectivity index (χ1) is 15.9. The maximum absolute atomic E-state index is 14.2. The Labute approximate surface area is 189 Å². The average molecular weight is 450 g/mol. The van der Waals surface area contributed by atoms with Crippen molar-refractivity contribution in [2.24, 2.45) is 5.92 Å². The molecule has 4 aromatic rings. The Bertz CT molecular complexity index is 1400. The van der Waals surface area contributed by atoms with Crippen molar-refractivity contribution in [3.8, 4) is 5.69 Å². The zero-order valence-electron chi connectivity index (χ0n) is 18.5. The first-order valence-electron chi connectivity index (χ1n) is 11.0. The fourth-order valence-electron chi connectivity index (χ4n) is 5.07. The van der Waals surface area contributed by atoms with Crippen molar-refractivity contribution in [3.05, 3.63) is 59.9 Å². The number of H-pyrrole nitrogens is 1. The fourth-order valence-corrected chi connectivity index (χ4v) is 5.07. The van der Waals surface area contributed by atoms with E-state index in [1.165, 1.54) is 13.2 Å². The molecule has 0 saturated heterocycles. The molecule has 8 heteroatoms. The first kappa shape index (κ1) is 21.3. The number of rotatable bonds is 4. The highest BCUT2D eigenvalue weighted by atomic mass is 19.2. The van der Waals surface area contributed by atoms with Gasteiger partial charge in [0.2, 0.25) is 0 Å². The summed E-state index contributed by atoms with van der Waals surface area (Å²) in [5, 5.41) is 7.84. The molecule has 3 heterocycles. The molecule has 170 valence electrons. The highest BCUT2D eigenvalue weighted by molar-refractivity contribution is 5.96. The second-order valence-corrected chi connectivity index (χ2v) is 8.71. The Morgan fingerprint density at radius 1 is 1.18 bits per heavy atom. The van der Waals surface area contributed by atoms with E-state index in [1.54, 1.807) is 12.3 Å². The van der Waals surface area contributed by atoms with Gasteiger partial charge in [-0.1, -0.05) is 6.58 Å². The number of esters is 1. The minimum atomic E-state index is -0.917. The van der Waals surface area contributed by atoms with E-state index in [0.29, 0.717) is 11.3 Å². The number of hydrogen-bond acceptors (Lipinski definition) is 4. The van der Waals surface area contributed by atoms with Crippen LogP contribution in [0.3, 0.4) is 0 Å². The molecule has 1 fully saturated rings. The SMILES string of the molecule is C=C(C)c1c([C@H]2CC[C@H](C(=O)OC)CC2)c2nc3[nH]ncc3cc2n1-c1ccc(F)c(F)c1. The number of carbonyl (C=O) groups excluding carboxylic acids is 1. The van der Waals surface area contributed by atoms with Crippen LogP contribution in [0, 0.1) is 17.6 Å². The van der Waals surface area contributed by atoms with Gasteiger partial charge >= 0.3 is 5.97 Å². The third-order valence-electron chi connectivity index (χ3n) is 6.62. The summed E-state index contributed by atoms with van der Waals surface area (Å²) in [5.41, 5.74) is 5.35. The fraction of sp³-hybridized carbons (Fsp3) is 0.320. The zero-order chi connectivity index (χ0) is 23.3. The minimum absolute atomic E-state index is 0.105. The molecule has 6 nitrogen and oxygen atoms in total. The maximum Gasteiger partial charge on any atom is 0.308 e. The number of aromatic amines is 1. The smallest absolute Gasteiger partial charge is 0.308 e. The second-order valence-electron chi connectivity index (χ2n) is 8.71. The molecule has 0 aliphatic heterocycles. The molecule has 33 heavy (non-hydrogen) atoms. The number of nitrogens with one attached hydrogen (secondary N) is 1. The van der Waals surface area contributed by atoms with Gasteiger partial charge in [-0.2, -0.15) is 5.10 Å². The number of pyridine rings is 1. The van der Waals surface area contributed by atoms with E-state index >= 15 is 0 Å². The summed E-state index contributed by atoms with van der Waals surface area (Å²) in [6.45, 7) is 6.11. The lowest BCUT2D eigenvalue weighted by molar-refractivity contribution is -0.146. The topological polar surface area (TPSA) is 72.8 Å². The number of fused-ring (bicyclic) bond motifs is 2. The predicted octanol–water partition coefficient (Wildman–Crippen LogP) is 5.66. The van der Waals surface area contributed by atoms with E-state index in [2.05, 4.69) is 16.8 Å². The summed E-state index contributed by atoms with van der Waals surface area (Å²) < 4.78 is 34.8. The number of benzene rings is 1. The van der Waals surface area contributed by atoms with Gasteiger partial charge in [-0.05, 0) is 62.3 Å². The van der Waals surface area contributed by atoms with Gasteiger partial charge < -0.3 is 9.30 Å². The van der Waals surface area contributed by atoms with Crippen LogP contribution >= 0.6 is 0 Å². The lowest BCUT2D eigenvalue weighted by atomic mass is 9.78. The number of ether oxygens (including phenoxy) is 1. The molecular formula is C25H24F2N4O2. The van der Waals surface area contributed by atoms with Crippen LogP contribution in [0.2, 0.25) is 0 Å². The average Bonchev–Trinajstić information content (AvgIpc) is 3.40. The summed E-state index contributed by atoms with van der Waals surface area (Å²) >= 11 is 0. The minimum Gasteiger partial charge on any atom is -0.469 e. The van der Waals surface area contributed by atoms with Crippen molar-refractivity contribution in [3.63, 3.8) is 0 Å². The Morgan fingerprint density at radius 2 is 1.94 bits per heavy atom. The van der Waals surface area contributed by atoms with Crippen LogP contribution in [0.15, 0.2) is 37.0 Å². The van der Waals surface area contributed by atoms with E-state index in [1.807, 2.05) is 17.6 Å². The number of carbonyl (C=O) groups is 1. The molecular weight excluding hydrogens is 426 g/mol. The van der Waals surface area contributed by atoms with Crippen LogP contribution in [0.4, 0.5) is 8.78 Å². The number of methoxy groups -OCH3 is 1. The molecule has 0 unspecified atom stereocenters. The standard InChI is InChI=1S/C25H24F2N4O2/c1-13(2)23-21(14-4-6-15(7-5-14)25(32)33-3)22-20(10-16-12-28-30-24(16)29-22)31(23)17-8-9-18(26)19(27)11-17/h8-12,14-15H,1,4-7H2,2-3H3,(H,28,29,30)/t14-,15-. The van der Waals surface area contributed by atoms with Crippen LogP contribution in [-0.2, 0) is 9.53 Å². The molecule has 0 atom stereocenters. The third kappa shape index (κ3) is 3.50. The van der Waals surface area contributed by atoms with Crippen LogP contribution < -0.4 is 0 Å². The van der Waals surface area contributed by atoms with Crippen molar-refractivity contribution >= 4 is 33.6 Å². The van der Waals surface area contributed by atoms with Gasteiger partial charge in [0, 0.05) is 22.7 Å². The normalized spacial score (nSPS) is 18.7. The van der Waals surface area contributed by atoms with Crippen molar-refractivity contribution < 1.29 is 18.3 Å². The van der Waals surface area contributed by atoms with Gasteiger partial charge in [-0.25, -0.2) is 13.8 Å². The number of nitrogens with zero attached hydrogens (tertiary/aromatic N) is 3. The van der Waals surface area contributed by atoms with Gasteiger partial charge in [0.15, 0.2) is 17.3 Å². The van der Waals surface area contributed by atoms with Crippen LogP contribution in [0.5, 0.6) is 0 Å². The molecule has 1 saturated carbocycles. The number of allylic oxidation sites excluding steroid dienone is 1. The van der Waals surface area contributed by atoms with Crippen LogP contribution in [0.1, 0.15) is 49.8 Å². The molecule has 0 spiro atoms. The van der Waals surface area contributed by atoms with Gasteiger partial charge in [-0.15, -0.1) is 0 Å². The highest BCUT2D eigenvalue weighted by Gasteiger charge is 2.33. The van der Waals surface area contributed by atoms with Crippen molar-refractivity contribution in [1.82, 2.24) is 19.7 Å². The van der Waals surface area contributed by atoms with Crippen molar-refractivity contribution in [2.45, 2.75) is 38.5 Å². The Hall–Kier alpha value is -3.55. The monoisotopic (exact) mass is 450 g/mol. The molecule has 1 aliphatic rings. The zero-order valence-corrected chi connectivity index (χ0v) is 18.5. The highest BCUT2D eigenvalue weighted by Crippen LogP contribution is 2.44.